The van der Waals surface area contributed by atoms with E-state index in [2.05, 4.69) is 24.4 Å². The molecule has 2 rings (SSSR count). The molecule has 1 aliphatic heterocycles. The van der Waals surface area contributed by atoms with Gasteiger partial charge in [0.1, 0.15) is 0 Å². The maximum Gasteiger partial charge on any atom is 0.0406 e. The van der Waals surface area contributed by atoms with Crippen LogP contribution in [0.2, 0.25) is 5.02 Å². The molecule has 0 bridgehead atoms. The van der Waals surface area contributed by atoms with Crippen molar-refractivity contribution in [2.45, 2.75) is 12.8 Å². The number of hydrogen-bond acceptors (Lipinski definition) is 1. The lowest BCUT2D eigenvalue weighted by molar-refractivity contribution is 0.572. The van der Waals surface area contributed by atoms with E-state index in [0.29, 0.717) is 5.92 Å². The van der Waals surface area contributed by atoms with Crippen molar-refractivity contribution >= 4 is 11.6 Å². The molecule has 0 aliphatic carbocycles. The maximum atomic E-state index is 5.84. The summed E-state index contributed by atoms with van der Waals surface area (Å²) in [6, 6.07) is 8.22. The summed E-state index contributed by atoms with van der Waals surface area (Å²) in [5, 5.41) is 4.22. The molecule has 1 aromatic rings. The zero-order valence-electron chi connectivity index (χ0n) is 7.76. The first-order valence-corrected chi connectivity index (χ1v) is 5.11. The van der Waals surface area contributed by atoms with Gasteiger partial charge in [-0.2, -0.15) is 0 Å². The van der Waals surface area contributed by atoms with Gasteiger partial charge in [-0.1, -0.05) is 30.7 Å². The summed E-state index contributed by atoms with van der Waals surface area (Å²) in [4.78, 5) is 0. The number of benzene rings is 1. The molecule has 13 heavy (non-hydrogen) atoms. The minimum absolute atomic E-state index is 0.664. The molecule has 70 valence electrons. The van der Waals surface area contributed by atoms with E-state index in [1.165, 1.54) is 5.56 Å². The van der Waals surface area contributed by atoms with Gasteiger partial charge >= 0.3 is 0 Å². The van der Waals surface area contributed by atoms with Gasteiger partial charge < -0.3 is 5.32 Å². The normalized spacial score (nSPS) is 27.8. The molecule has 0 unspecified atom stereocenters. The molecule has 0 amide bonds. The molecule has 1 aliphatic rings. The van der Waals surface area contributed by atoms with Crippen molar-refractivity contribution in [1.29, 1.82) is 0 Å². The molecule has 1 heterocycles. The van der Waals surface area contributed by atoms with Crippen LogP contribution >= 0.6 is 11.6 Å². The van der Waals surface area contributed by atoms with E-state index in [9.17, 15) is 0 Å². The van der Waals surface area contributed by atoms with Crippen LogP contribution < -0.4 is 5.32 Å². The molecule has 1 fully saturated rings. The lowest BCUT2D eigenvalue weighted by Crippen LogP contribution is -2.07. The summed E-state index contributed by atoms with van der Waals surface area (Å²) in [5.41, 5.74) is 1.40. The summed E-state index contributed by atoms with van der Waals surface area (Å²) < 4.78 is 0. The van der Waals surface area contributed by atoms with Gasteiger partial charge in [-0.3, -0.25) is 0 Å². The minimum atomic E-state index is 0.664. The number of hydrogen-bond donors (Lipinski definition) is 1. The lowest BCUT2D eigenvalue weighted by Gasteiger charge is -2.14. The molecule has 0 saturated carbocycles. The highest BCUT2D eigenvalue weighted by Gasteiger charge is 2.23. The fraction of sp³-hybridized carbons (Fsp3) is 0.455. The Morgan fingerprint density at radius 3 is 2.46 bits per heavy atom. The van der Waals surface area contributed by atoms with Gasteiger partial charge in [0.05, 0.1) is 0 Å². The van der Waals surface area contributed by atoms with Gasteiger partial charge in [-0.25, -0.2) is 0 Å². The average Bonchev–Trinajstić information content (AvgIpc) is 2.53. The van der Waals surface area contributed by atoms with Crippen LogP contribution in [0.3, 0.4) is 0 Å². The van der Waals surface area contributed by atoms with Crippen LogP contribution in [-0.2, 0) is 0 Å². The smallest absolute Gasteiger partial charge is 0.0406 e. The van der Waals surface area contributed by atoms with Gasteiger partial charge in [-0.15, -0.1) is 0 Å². The van der Waals surface area contributed by atoms with Crippen molar-refractivity contribution in [1.82, 2.24) is 5.32 Å². The van der Waals surface area contributed by atoms with Crippen molar-refractivity contribution in [3.8, 4) is 0 Å². The van der Waals surface area contributed by atoms with E-state index >= 15 is 0 Å². The fourth-order valence-corrected chi connectivity index (χ4v) is 2.09. The van der Waals surface area contributed by atoms with Crippen LogP contribution in [0.15, 0.2) is 24.3 Å². The summed E-state index contributed by atoms with van der Waals surface area (Å²) >= 11 is 5.84. The molecule has 0 spiro atoms. The summed E-state index contributed by atoms with van der Waals surface area (Å²) in [6.45, 7) is 4.52. The van der Waals surface area contributed by atoms with Crippen molar-refractivity contribution in [2.75, 3.05) is 13.1 Å². The van der Waals surface area contributed by atoms with Gasteiger partial charge in [-0.05, 0) is 30.2 Å². The molecule has 0 radical (unpaired) electrons. The third-order valence-corrected chi connectivity index (χ3v) is 3.07. The Kier molecular flexibility index (Phi) is 2.56. The molecule has 1 aromatic carbocycles. The second kappa shape index (κ2) is 3.69. The monoisotopic (exact) mass is 195 g/mol. The number of rotatable bonds is 1. The molecule has 0 aromatic heterocycles. The van der Waals surface area contributed by atoms with E-state index in [4.69, 9.17) is 11.6 Å². The number of nitrogens with one attached hydrogen (secondary N) is 1. The Morgan fingerprint density at radius 1 is 1.23 bits per heavy atom. The Balaban J connectivity index is 2.20. The fourth-order valence-electron chi connectivity index (χ4n) is 1.97. The zero-order chi connectivity index (χ0) is 9.26. The Bertz CT molecular complexity index is 281. The second-order valence-electron chi connectivity index (χ2n) is 3.79. The minimum Gasteiger partial charge on any atom is -0.316 e. The Labute approximate surface area is 84.1 Å². The Hall–Kier alpha value is -0.530. The summed E-state index contributed by atoms with van der Waals surface area (Å²) in [7, 11) is 0. The summed E-state index contributed by atoms with van der Waals surface area (Å²) in [6.07, 6.45) is 0. The summed E-state index contributed by atoms with van der Waals surface area (Å²) in [5.74, 6) is 1.40. The first-order valence-electron chi connectivity index (χ1n) is 4.73. The lowest BCUT2D eigenvalue weighted by atomic mass is 9.90. The highest BCUT2D eigenvalue weighted by atomic mass is 35.5. The molecular formula is C11H14ClN. The largest absolute Gasteiger partial charge is 0.316 e. The molecule has 1 nitrogen and oxygen atoms in total. The van der Waals surface area contributed by atoms with Crippen LogP contribution in [0.25, 0.3) is 0 Å². The first kappa shape index (κ1) is 9.04. The molecule has 2 atom stereocenters. The third-order valence-electron chi connectivity index (χ3n) is 2.82. The van der Waals surface area contributed by atoms with Gasteiger partial charge in [0.15, 0.2) is 0 Å². The predicted octanol–water partition coefficient (Wildman–Crippen LogP) is 2.66. The molecule has 1 saturated heterocycles. The van der Waals surface area contributed by atoms with Crippen LogP contribution in [0.1, 0.15) is 18.4 Å². The van der Waals surface area contributed by atoms with E-state index in [0.717, 1.165) is 24.0 Å². The molecular weight excluding hydrogens is 182 g/mol. The van der Waals surface area contributed by atoms with Crippen LogP contribution in [0.5, 0.6) is 0 Å². The first-order chi connectivity index (χ1) is 6.27. The topological polar surface area (TPSA) is 12.0 Å². The van der Waals surface area contributed by atoms with Crippen molar-refractivity contribution < 1.29 is 0 Å². The predicted molar refractivity (Wildman–Crippen MR) is 56.2 cm³/mol. The van der Waals surface area contributed by atoms with Gasteiger partial charge in [0.25, 0.3) is 0 Å². The van der Waals surface area contributed by atoms with Crippen LogP contribution in [0.4, 0.5) is 0 Å². The molecule has 2 heteroatoms. The van der Waals surface area contributed by atoms with Crippen molar-refractivity contribution in [3.63, 3.8) is 0 Å². The van der Waals surface area contributed by atoms with Crippen LogP contribution in [0, 0.1) is 5.92 Å². The zero-order valence-corrected chi connectivity index (χ0v) is 8.51. The van der Waals surface area contributed by atoms with Gasteiger partial charge in [0, 0.05) is 17.5 Å². The highest BCUT2D eigenvalue weighted by molar-refractivity contribution is 6.30. The van der Waals surface area contributed by atoms with E-state index in [1.54, 1.807) is 0 Å². The average molecular weight is 196 g/mol. The van der Waals surface area contributed by atoms with Crippen LogP contribution in [-0.4, -0.2) is 13.1 Å². The SMILES string of the molecule is C[C@H]1CNC[C@H]1c1ccc(Cl)cc1. The molecule has 1 N–H and O–H groups in total. The standard InChI is InChI=1S/C11H14ClN/c1-8-6-13-7-11(8)9-2-4-10(12)5-3-9/h2-5,8,11,13H,6-7H2,1H3/t8-,11+/m0/s1. The van der Waals surface area contributed by atoms with E-state index < -0.39 is 0 Å². The van der Waals surface area contributed by atoms with Crippen molar-refractivity contribution in [2.24, 2.45) is 5.92 Å². The quantitative estimate of drug-likeness (QED) is 0.727. The van der Waals surface area contributed by atoms with Crippen molar-refractivity contribution in [3.05, 3.63) is 34.9 Å². The third kappa shape index (κ3) is 1.87. The van der Waals surface area contributed by atoms with Gasteiger partial charge in [0.2, 0.25) is 0 Å². The second-order valence-corrected chi connectivity index (χ2v) is 4.23. The Morgan fingerprint density at radius 2 is 1.92 bits per heavy atom. The maximum absolute atomic E-state index is 5.84. The number of halogens is 1. The van der Waals surface area contributed by atoms with E-state index in [-0.39, 0.29) is 0 Å². The van der Waals surface area contributed by atoms with E-state index in [1.807, 2.05) is 12.1 Å². The highest BCUT2D eigenvalue weighted by Crippen LogP contribution is 2.28.